The first-order chi connectivity index (χ1) is 12.0. The molecule has 1 aliphatic rings. The minimum atomic E-state index is -0.186. The summed E-state index contributed by atoms with van der Waals surface area (Å²) in [5.74, 6) is 1.04. The Morgan fingerprint density at radius 2 is 1.80 bits per heavy atom. The number of nitrogens with one attached hydrogen (secondary N) is 1. The molecular formula is C19H18N2O3S. The maximum Gasteiger partial charge on any atom is 0.281 e. The van der Waals surface area contributed by atoms with Gasteiger partial charge in [-0.05, 0) is 54.5 Å². The number of carbonyl (C=O) groups is 1. The summed E-state index contributed by atoms with van der Waals surface area (Å²) in [7, 11) is 3.15. The van der Waals surface area contributed by atoms with Gasteiger partial charge >= 0.3 is 0 Å². The lowest BCUT2D eigenvalue weighted by atomic mass is 10.1. The van der Waals surface area contributed by atoms with Crippen molar-refractivity contribution in [3.63, 3.8) is 0 Å². The van der Waals surface area contributed by atoms with Crippen LogP contribution in [-0.4, -0.2) is 25.2 Å². The summed E-state index contributed by atoms with van der Waals surface area (Å²) in [5, 5.41) is 3.36. The van der Waals surface area contributed by atoms with Gasteiger partial charge in [0.2, 0.25) is 0 Å². The van der Waals surface area contributed by atoms with Crippen LogP contribution in [0.2, 0.25) is 0 Å². The van der Waals surface area contributed by atoms with Crippen molar-refractivity contribution >= 4 is 35.0 Å². The van der Waals surface area contributed by atoms with E-state index in [1.165, 1.54) is 4.90 Å². The third kappa shape index (κ3) is 3.21. The summed E-state index contributed by atoms with van der Waals surface area (Å²) in [6.45, 7) is 1.95. The Morgan fingerprint density at radius 1 is 1.08 bits per heavy atom. The zero-order valence-electron chi connectivity index (χ0n) is 14.2. The second-order valence-electron chi connectivity index (χ2n) is 5.53. The van der Waals surface area contributed by atoms with E-state index in [0.717, 1.165) is 16.8 Å². The van der Waals surface area contributed by atoms with Crippen LogP contribution in [-0.2, 0) is 4.79 Å². The molecule has 0 spiro atoms. The maximum atomic E-state index is 12.8. The van der Waals surface area contributed by atoms with Crippen LogP contribution in [0.25, 0.3) is 6.08 Å². The number of methoxy groups -OCH3 is 2. The van der Waals surface area contributed by atoms with Crippen molar-refractivity contribution in [1.82, 2.24) is 5.32 Å². The van der Waals surface area contributed by atoms with Gasteiger partial charge in [-0.1, -0.05) is 24.3 Å². The molecule has 0 unspecified atom stereocenters. The van der Waals surface area contributed by atoms with Gasteiger partial charge in [0.05, 0.1) is 19.9 Å². The van der Waals surface area contributed by atoms with Crippen molar-refractivity contribution in [2.24, 2.45) is 0 Å². The van der Waals surface area contributed by atoms with Crippen LogP contribution in [0.3, 0.4) is 0 Å². The van der Waals surface area contributed by atoms with E-state index < -0.39 is 0 Å². The van der Waals surface area contributed by atoms with E-state index >= 15 is 0 Å². The van der Waals surface area contributed by atoms with E-state index in [4.69, 9.17) is 21.7 Å². The molecule has 1 N–H and O–H groups in total. The Labute approximate surface area is 151 Å². The third-order valence-corrected chi connectivity index (χ3v) is 4.24. The largest absolute Gasteiger partial charge is 0.493 e. The van der Waals surface area contributed by atoms with E-state index in [2.05, 4.69) is 5.32 Å². The fraction of sp³-hybridized carbons (Fsp3) is 0.158. The SMILES string of the molecule is COc1ccc(/C=C2\NC(=S)N(c3ccccc3C)C2=O)cc1OC. The van der Waals surface area contributed by atoms with Gasteiger partial charge in [0.15, 0.2) is 16.6 Å². The molecule has 3 rings (SSSR count). The highest BCUT2D eigenvalue weighted by molar-refractivity contribution is 7.80. The summed E-state index contributed by atoms with van der Waals surface area (Å²) < 4.78 is 10.5. The van der Waals surface area contributed by atoms with Crippen LogP contribution in [0, 0.1) is 6.92 Å². The number of hydrogen-bond donors (Lipinski definition) is 1. The topological polar surface area (TPSA) is 50.8 Å². The van der Waals surface area contributed by atoms with E-state index in [9.17, 15) is 4.79 Å². The molecule has 128 valence electrons. The molecule has 0 radical (unpaired) electrons. The van der Waals surface area contributed by atoms with Crippen LogP contribution in [0.1, 0.15) is 11.1 Å². The van der Waals surface area contributed by atoms with Crippen molar-refractivity contribution in [1.29, 1.82) is 0 Å². The Bertz CT molecular complexity index is 877. The molecule has 5 nitrogen and oxygen atoms in total. The Morgan fingerprint density at radius 3 is 2.48 bits per heavy atom. The van der Waals surface area contributed by atoms with Gasteiger partial charge in [0.1, 0.15) is 5.70 Å². The monoisotopic (exact) mass is 354 g/mol. The standard InChI is InChI=1S/C19H18N2O3S/c1-12-6-4-5-7-15(12)21-18(22)14(20-19(21)25)10-13-8-9-16(23-2)17(11-13)24-3/h4-11H,1-3H3,(H,20,25)/b14-10-. The van der Waals surface area contributed by atoms with Crippen molar-refractivity contribution in [3.05, 3.63) is 59.3 Å². The number of ether oxygens (including phenoxy) is 2. The number of thiocarbonyl (C=S) groups is 1. The minimum absolute atomic E-state index is 0.186. The molecule has 1 aliphatic heterocycles. The van der Waals surface area contributed by atoms with Gasteiger partial charge in [0.25, 0.3) is 5.91 Å². The van der Waals surface area contributed by atoms with E-state index in [1.54, 1.807) is 32.4 Å². The molecule has 25 heavy (non-hydrogen) atoms. The van der Waals surface area contributed by atoms with Crippen LogP contribution < -0.4 is 19.7 Å². The van der Waals surface area contributed by atoms with Crippen LogP contribution in [0.5, 0.6) is 11.5 Å². The summed E-state index contributed by atoms with van der Waals surface area (Å²) in [6, 6.07) is 13.1. The first-order valence-electron chi connectivity index (χ1n) is 7.70. The molecule has 0 atom stereocenters. The van der Waals surface area contributed by atoms with Gasteiger partial charge in [0, 0.05) is 0 Å². The molecule has 1 fully saturated rings. The highest BCUT2D eigenvalue weighted by Crippen LogP contribution is 2.30. The lowest BCUT2D eigenvalue weighted by molar-refractivity contribution is -0.113. The van der Waals surface area contributed by atoms with E-state index in [0.29, 0.717) is 22.3 Å². The average molecular weight is 354 g/mol. The van der Waals surface area contributed by atoms with Gasteiger partial charge < -0.3 is 14.8 Å². The molecule has 0 aliphatic carbocycles. The predicted molar refractivity (Wildman–Crippen MR) is 102 cm³/mol. The molecule has 1 heterocycles. The molecule has 0 bridgehead atoms. The summed E-state index contributed by atoms with van der Waals surface area (Å²) >= 11 is 5.35. The smallest absolute Gasteiger partial charge is 0.281 e. The normalized spacial score (nSPS) is 15.5. The third-order valence-electron chi connectivity index (χ3n) is 3.95. The molecule has 2 aromatic rings. The Kier molecular flexibility index (Phi) is 4.72. The molecule has 2 aromatic carbocycles. The molecule has 0 aromatic heterocycles. The number of amides is 1. The first-order valence-corrected chi connectivity index (χ1v) is 8.10. The predicted octanol–water partition coefficient (Wildman–Crippen LogP) is 3.27. The molecule has 1 amide bonds. The van der Waals surface area contributed by atoms with Crippen LogP contribution in [0.4, 0.5) is 5.69 Å². The number of rotatable bonds is 4. The van der Waals surface area contributed by atoms with Gasteiger partial charge in [-0.3, -0.25) is 9.69 Å². The van der Waals surface area contributed by atoms with Crippen molar-refractivity contribution < 1.29 is 14.3 Å². The number of carbonyl (C=O) groups excluding carboxylic acids is 1. The number of aryl methyl sites for hydroxylation is 1. The fourth-order valence-electron chi connectivity index (χ4n) is 2.68. The molecular weight excluding hydrogens is 336 g/mol. The lowest BCUT2D eigenvalue weighted by Gasteiger charge is -2.16. The first kappa shape index (κ1) is 17.0. The Balaban J connectivity index is 1.95. The van der Waals surface area contributed by atoms with Gasteiger partial charge in [-0.25, -0.2) is 0 Å². The van der Waals surface area contributed by atoms with Crippen LogP contribution >= 0.6 is 12.2 Å². The van der Waals surface area contributed by atoms with E-state index in [-0.39, 0.29) is 5.91 Å². The molecule has 6 heteroatoms. The maximum absolute atomic E-state index is 12.8. The Hall–Kier alpha value is -2.86. The summed E-state index contributed by atoms with van der Waals surface area (Å²) in [6.07, 6.45) is 1.74. The van der Waals surface area contributed by atoms with Gasteiger partial charge in [-0.15, -0.1) is 0 Å². The minimum Gasteiger partial charge on any atom is -0.493 e. The van der Waals surface area contributed by atoms with Crippen molar-refractivity contribution in [3.8, 4) is 11.5 Å². The number of anilines is 1. The molecule has 1 saturated heterocycles. The fourth-order valence-corrected chi connectivity index (χ4v) is 2.97. The van der Waals surface area contributed by atoms with Crippen molar-refractivity contribution in [2.75, 3.05) is 19.1 Å². The lowest BCUT2D eigenvalue weighted by Crippen LogP contribution is -2.30. The average Bonchev–Trinajstić information content (AvgIpc) is 2.89. The second kappa shape index (κ2) is 6.94. The zero-order valence-corrected chi connectivity index (χ0v) is 15.0. The van der Waals surface area contributed by atoms with E-state index in [1.807, 2.05) is 37.3 Å². The van der Waals surface area contributed by atoms with Crippen LogP contribution in [0.15, 0.2) is 48.2 Å². The summed E-state index contributed by atoms with van der Waals surface area (Å²) in [4.78, 5) is 14.3. The highest BCUT2D eigenvalue weighted by Gasteiger charge is 2.32. The number of hydrogen-bond acceptors (Lipinski definition) is 4. The summed E-state index contributed by atoms with van der Waals surface area (Å²) in [5.41, 5.74) is 2.98. The van der Waals surface area contributed by atoms with Gasteiger partial charge in [-0.2, -0.15) is 0 Å². The van der Waals surface area contributed by atoms with Crippen molar-refractivity contribution in [2.45, 2.75) is 6.92 Å². The second-order valence-corrected chi connectivity index (χ2v) is 5.92. The number of para-hydroxylation sites is 1. The zero-order chi connectivity index (χ0) is 18.0. The number of benzene rings is 2. The molecule has 0 saturated carbocycles. The number of nitrogens with zero attached hydrogens (tertiary/aromatic N) is 1. The quantitative estimate of drug-likeness (QED) is 0.675. The highest BCUT2D eigenvalue weighted by atomic mass is 32.1.